The van der Waals surface area contributed by atoms with Gasteiger partial charge in [0, 0.05) is 39.3 Å². The van der Waals surface area contributed by atoms with Crippen LogP contribution in [0.2, 0.25) is 5.02 Å². The second kappa shape index (κ2) is 9.65. The molecule has 0 radical (unpaired) electrons. The third-order valence-electron chi connectivity index (χ3n) is 5.18. The number of halogens is 1. The van der Waals surface area contributed by atoms with Crippen LogP contribution in [0.25, 0.3) is 0 Å². The fourth-order valence-corrected chi connectivity index (χ4v) is 3.80. The largest absolute Gasteiger partial charge is 0.485 e. The van der Waals surface area contributed by atoms with Gasteiger partial charge in [0.05, 0.1) is 17.4 Å². The van der Waals surface area contributed by atoms with E-state index in [2.05, 4.69) is 10.2 Å². The molecule has 1 amide bonds. The van der Waals surface area contributed by atoms with E-state index in [9.17, 15) is 9.90 Å². The number of aliphatic hydroxyl groups excluding tert-OH is 1. The highest BCUT2D eigenvalue weighted by atomic mass is 35.5. The molecule has 4 N–H and O–H groups in total. The van der Waals surface area contributed by atoms with Gasteiger partial charge in [-0.15, -0.1) is 0 Å². The van der Waals surface area contributed by atoms with E-state index < -0.39 is 6.10 Å². The smallest absolute Gasteiger partial charge is 0.255 e. The molecule has 0 aromatic heterocycles. The number of rotatable bonds is 7. The number of nitrogens with two attached hydrogens (primary N) is 1. The lowest BCUT2D eigenvalue weighted by Crippen LogP contribution is -2.48. The highest BCUT2D eigenvalue weighted by Crippen LogP contribution is 2.43. The minimum absolute atomic E-state index is 0.000247. The van der Waals surface area contributed by atoms with Crippen molar-refractivity contribution in [1.82, 2.24) is 10.2 Å². The van der Waals surface area contributed by atoms with E-state index in [1.807, 2.05) is 0 Å². The topological polar surface area (TPSA) is 106 Å². The molecule has 1 aromatic carbocycles. The summed E-state index contributed by atoms with van der Waals surface area (Å²) < 4.78 is 16.2. The van der Waals surface area contributed by atoms with Crippen LogP contribution in [0.3, 0.4) is 0 Å². The molecule has 1 aromatic rings. The van der Waals surface area contributed by atoms with E-state index in [4.69, 9.17) is 31.5 Å². The zero-order chi connectivity index (χ0) is 20.1. The van der Waals surface area contributed by atoms with Crippen molar-refractivity contribution in [3.63, 3.8) is 0 Å². The lowest BCUT2D eigenvalue weighted by atomic mass is 9.93. The van der Waals surface area contributed by atoms with E-state index in [1.54, 1.807) is 7.11 Å². The molecule has 8 nitrogen and oxygen atoms in total. The summed E-state index contributed by atoms with van der Waals surface area (Å²) in [7, 11) is 1.69. The highest BCUT2D eigenvalue weighted by Gasteiger charge is 2.29. The van der Waals surface area contributed by atoms with Gasteiger partial charge in [0.2, 0.25) is 0 Å². The number of hydrogen-bond acceptors (Lipinski definition) is 7. The highest BCUT2D eigenvalue weighted by molar-refractivity contribution is 6.35. The molecule has 2 heterocycles. The summed E-state index contributed by atoms with van der Waals surface area (Å²) in [5, 5.41) is 13.6. The van der Waals surface area contributed by atoms with Crippen molar-refractivity contribution in [2.24, 2.45) is 5.92 Å². The van der Waals surface area contributed by atoms with Crippen LogP contribution in [0, 0.1) is 5.92 Å². The molecule has 0 aliphatic carbocycles. The number of methoxy groups -OCH3 is 1. The number of aliphatic hydroxyl groups is 1. The van der Waals surface area contributed by atoms with Crippen molar-refractivity contribution in [3.05, 3.63) is 16.7 Å². The monoisotopic (exact) mass is 413 g/mol. The van der Waals surface area contributed by atoms with Gasteiger partial charge in [-0.05, 0) is 25.5 Å². The van der Waals surface area contributed by atoms with Crippen LogP contribution in [0.1, 0.15) is 23.2 Å². The van der Waals surface area contributed by atoms with Crippen molar-refractivity contribution in [2.45, 2.75) is 18.9 Å². The summed E-state index contributed by atoms with van der Waals surface area (Å²) in [5.41, 5.74) is 6.47. The molecule has 28 heavy (non-hydrogen) atoms. The van der Waals surface area contributed by atoms with Gasteiger partial charge in [0.15, 0.2) is 11.5 Å². The molecule has 2 aliphatic heterocycles. The number of benzene rings is 1. The molecule has 3 rings (SSSR count). The molecular weight excluding hydrogens is 386 g/mol. The summed E-state index contributed by atoms with van der Waals surface area (Å²) in [5.74, 6) is 0.305. The van der Waals surface area contributed by atoms with Crippen LogP contribution in [0.5, 0.6) is 11.5 Å². The number of piperidine rings is 1. The normalized spacial score (nSPS) is 22.1. The molecule has 0 bridgehead atoms. The van der Waals surface area contributed by atoms with E-state index in [0.29, 0.717) is 50.0 Å². The minimum Gasteiger partial charge on any atom is -0.485 e. The Bertz CT molecular complexity index is 703. The Hall–Kier alpha value is -1.74. The Labute approximate surface area is 169 Å². The van der Waals surface area contributed by atoms with Gasteiger partial charge in [0.25, 0.3) is 5.91 Å². The van der Waals surface area contributed by atoms with Gasteiger partial charge in [-0.3, -0.25) is 4.79 Å². The summed E-state index contributed by atoms with van der Waals surface area (Å²) in [6, 6.07) is 1.50. The Morgan fingerprint density at radius 3 is 2.89 bits per heavy atom. The van der Waals surface area contributed by atoms with Gasteiger partial charge in [-0.1, -0.05) is 11.6 Å². The molecule has 1 fully saturated rings. The summed E-state index contributed by atoms with van der Waals surface area (Å²) in [6.07, 6.45) is 1.27. The predicted octanol–water partition coefficient (Wildman–Crippen LogP) is 1.14. The molecule has 1 saturated heterocycles. The number of anilines is 1. The van der Waals surface area contributed by atoms with Gasteiger partial charge >= 0.3 is 0 Å². The van der Waals surface area contributed by atoms with Crippen molar-refractivity contribution < 1.29 is 24.1 Å². The number of nitrogen functional groups attached to an aromatic ring is 1. The lowest BCUT2D eigenvalue weighted by Gasteiger charge is -2.36. The SMILES string of the molecule is COCCCN1CC[C@@H](CNC(=O)c2cc(N)c(Cl)c3c2OCCO3)[C@H](O)C1. The average molecular weight is 414 g/mol. The molecule has 0 saturated carbocycles. The first kappa shape index (κ1) is 21.0. The van der Waals surface area contributed by atoms with Crippen molar-refractivity contribution in [1.29, 1.82) is 0 Å². The summed E-state index contributed by atoms with van der Waals surface area (Å²) >= 11 is 6.16. The third kappa shape index (κ3) is 4.81. The fraction of sp³-hybridized carbons (Fsp3) is 0.632. The molecule has 156 valence electrons. The number of β-amino-alcohol motifs (C(OH)–C–C–N with tert-alkyl or cyclic N) is 1. The van der Waals surface area contributed by atoms with Gasteiger partial charge < -0.3 is 35.3 Å². The number of ether oxygens (including phenoxy) is 3. The number of carbonyl (C=O) groups is 1. The first-order chi connectivity index (χ1) is 13.5. The Morgan fingerprint density at radius 2 is 2.18 bits per heavy atom. The Balaban J connectivity index is 1.57. The molecule has 2 aliphatic rings. The number of likely N-dealkylation sites (tertiary alicyclic amines) is 1. The maximum atomic E-state index is 12.7. The summed E-state index contributed by atoms with van der Waals surface area (Å²) in [6.45, 7) is 4.18. The van der Waals surface area contributed by atoms with Crippen molar-refractivity contribution >= 4 is 23.2 Å². The van der Waals surface area contributed by atoms with Crippen LogP contribution in [-0.4, -0.2) is 75.1 Å². The number of nitrogens with zero attached hydrogens (tertiary/aromatic N) is 1. The number of carbonyl (C=O) groups excluding carboxylic acids is 1. The van der Waals surface area contributed by atoms with Gasteiger partial charge in [-0.25, -0.2) is 0 Å². The van der Waals surface area contributed by atoms with Crippen LogP contribution in [-0.2, 0) is 4.74 Å². The zero-order valence-corrected chi connectivity index (χ0v) is 16.8. The van der Waals surface area contributed by atoms with E-state index in [-0.39, 0.29) is 22.5 Å². The predicted molar refractivity (Wildman–Crippen MR) is 106 cm³/mol. The lowest BCUT2D eigenvalue weighted by molar-refractivity contribution is 0.0192. The van der Waals surface area contributed by atoms with Gasteiger partial charge in [0.1, 0.15) is 18.2 Å². The quantitative estimate of drug-likeness (QED) is 0.454. The summed E-state index contributed by atoms with van der Waals surface area (Å²) in [4.78, 5) is 14.9. The van der Waals surface area contributed by atoms with Crippen LogP contribution < -0.4 is 20.5 Å². The average Bonchev–Trinajstić information content (AvgIpc) is 2.70. The van der Waals surface area contributed by atoms with Crippen LogP contribution in [0.4, 0.5) is 5.69 Å². The van der Waals surface area contributed by atoms with Gasteiger partial charge in [-0.2, -0.15) is 0 Å². The number of amides is 1. The maximum absolute atomic E-state index is 12.7. The third-order valence-corrected chi connectivity index (χ3v) is 5.57. The van der Waals surface area contributed by atoms with E-state index in [1.165, 1.54) is 6.07 Å². The fourth-order valence-electron chi connectivity index (χ4n) is 3.60. The van der Waals surface area contributed by atoms with E-state index >= 15 is 0 Å². The zero-order valence-electron chi connectivity index (χ0n) is 16.1. The number of hydrogen-bond donors (Lipinski definition) is 3. The number of fused-ring (bicyclic) bond motifs is 1. The standard InChI is InChI=1S/C19H28ClN3O5/c1-26-6-2-4-23-5-3-12(15(24)11-23)10-22-19(25)13-9-14(21)16(20)18-17(13)27-7-8-28-18/h9,12,15,24H,2-8,10-11,21H2,1H3,(H,22,25)/t12-,15+/m0/s1. The van der Waals surface area contributed by atoms with Crippen LogP contribution in [0.15, 0.2) is 6.07 Å². The van der Waals surface area contributed by atoms with E-state index in [0.717, 1.165) is 25.9 Å². The first-order valence-electron chi connectivity index (χ1n) is 9.56. The number of nitrogens with one attached hydrogen (secondary N) is 1. The maximum Gasteiger partial charge on any atom is 0.255 e. The Kier molecular flexibility index (Phi) is 7.23. The molecule has 0 unspecified atom stereocenters. The molecule has 9 heteroatoms. The second-order valence-electron chi connectivity index (χ2n) is 7.16. The van der Waals surface area contributed by atoms with Crippen molar-refractivity contribution in [3.8, 4) is 11.5 Å². The second-order valence-corrected chi connectivity index (χ2v) is 7.53. The minimum atomic E-state index is -0.486. The Morgan fingerprint density at radius 1 is 1.43 bits per heavy atom. The molecule has 0 spiro atoms. The van der Waals surface area contributed by atoms with Crippen LogP contribution >= 0.6 is 11.6 Å². The first-order valence-corrected chi connectivity index (χ1v) is 9.94. The molecule has 2 atom stereocenters. The molecular formula is C19H28ClN3O5. The van der Waals surface area contributed by atoms with Crippen molar-refractivity contribution in [2.75, 3.05) is 58.8 Å².